The number of fused-ring (bicyclic) bond motifs is 2. The Morgan fingerprint density at radius 3 is 2.31 bits per heavy atom. The summed E-state index contributed by atoms with van der Waals surface area (Å²) >= 11 is 0. The minimum Gasteiger partial charge on any atom is -0.421 e. The highest BCUT2D eigenvalue weighted by molar-refractivity contribution is 5.96. The summed E-state index contributed by atoms with van der Waals surface area (Å²) < 4.78 is 6.88. The van der Waals surface area contributed by atoms with Crippen molar-refractivity contribution in [2.45, 2.75) is 0 Å². The molecule has 32 heavy (non-hydrogen) atoms. The van der Waals surface area contributed by atoms with Crippen LogP contribution in [0.2, 0.25) is 0 Å². The highest BCUT2D eigenvalue weighted by atomic mass is 16.4. The SMILES string of the molecule is O=c1oc2ccccc2cc1-n1cc(-c2ccc(-c3cccc4ccccc34)cc2)nn1. The number of para-hydroxylation sites is 1. The summed E-state index contributed by atoms with van der Waals surface area (Å²) in [5.41, 5.74) is 4.35. The van der Waals surface area contributed by atoms with Crippen LogP contribution in [0, 0.1) is 0 Å². The maximum Gasteiger partial charge on any atom is 0.362 e. The van der Waals surface area contributed by atoms with E-state index in [4.69, 9.17) is 4.42 Å². The minimum atomic E-state index is -0.452. The van der Waals surface area contributed by atoms with Gasteiger partial charge in [-0.2, -0.15) is 0 Å². The zero-order valence-electron chi connectivity index (χ0n) is 17.0. The first kappa shape index (κ1) is 18.3. The van der Waals surface area contributed by atoms with E-state index in [1.54, 1.807) is 18.3 Å². The fraction of sp³-hybridized carbons (Fsp3) is 0. The normalized spacial score (nSPS) is 11.2. The quantitative estimate of drug-likeness (QED) is 0.340. The van der Waals surface area contributed by atoms with Gasteiger partial charge in [0, 0.05) is 10.9 Å². The van der Waals surface area contributed by atoms with Crippen LogP contribution in [0.3, 0.4) is 0 Å². The van der Waals surface area contributed by atoms with E-state index >= 15 is 0 Å². The van der Waals surface area contributed by atoms with Crippen LogP contribution in [0.25, 0.3) is 49.8 Å². The molecule has 0 radical (unpaired) electrons. The first-order valence-corrected chi connectivity index (χ1v) is 10.3. The molecule has 152 valence electrons. The fourth-order valence-corrected chi connectivity index (χ4v) is 4.02. The molecule has 2 aromatic heterocycles. The molecule has 0 aliphatic carbocycles. The molecule has 6 rings (SSSR count). The fourth-order valence-electron chi connectivity index (χ4n) is 4.02. The van der Waals surface area contributed by atoms with Gasteiger partial charge in [0.05, 0.1) is 6.20 Å². The van der Waals surface area contributed by atoms with Crippen molar-refractivity contribution in [1.82, 2.24) is 15.0 Å². The predicted molar refractivity (Wildman–Crippen MR) is 126 cm³/mol. The zero-order valence-corrected chi connectivity index (χ0v) is 17.0. The average Bonchev–Trinajstić information content (AvgIpc) is 3.33. The lowest BCUT2D eigenvalue weighted by Crippen LogP contribution is -2.10. The van der Waals surface area contributed by atoms with Crippen molar-refractivity contribution in [2.75, 3.05) is 0 Å². The van der Waals surface area contributed by atoms with Crippen LogP contribution >= 0.6 is 0 Å². The second-order valence-corrected chi connectivity index (χ2v) is 7.61. The Labute approximate surface area is 183 Å². The largest absolute Gasteiger partial charge is 0.421 e. The lowest BCUT2D eigenvalue weighted by atomic mass is 9.97. The highest BCUT2D eigenvalue weighted by Gasteiger charge is 2.11. The van der Waals surface area contributed by atoms with Gasteiger partial charge in [-0.3, -0.25) is 0 Å². The zero-order chi connectivity index (χ0) is 21.5. The average molecular weight is 415 g/mol. The standard InChI is InChI=1S/C27H17N3O2/c31-27-25(16-21-7-2-4-11-26(21)32-27)30-17-24(28-29-30)20-14-12-19(13-15-20)23-10-5-8-18-6-1-3-9-22(18)23/h1-17H. The number of hydrogen-bond donors (Lipinski definition) is 0. The molecule has 6 aromatic rings. The molecule has 0 aliphatic heterocycles. The third-order valence-corrected chi connectivity index (χ3v) is 5.64. The summed E-state index contributed by atoms with van der Waals surface area (Å²) in [7, 11) is 0. The summed E-state index contributed by atoms with van der Waals surface area (Å²) in [6, 6.07) is 32.1. The second-order valence-electron chi connectivity index (χ2n) is 7.61. The molecule has 0 amide bonds. The molecule has 0 N–H and O–H groups in total. The summed E-state index contributed by atoms with van der Waals surface area (Å²) in [5, 5.41) is 11.7. The minimum absolute atomic E-state index is 0.329. The van der Waals surface area contributed by atoms with Crippen molar-refractivity contribution in [1.29, 1.82) is 0 Å². The summed E-state index contributed by atoms with van der Waals surface area (Å²) in [6.07, 6.45) is 1.74. The molecule has 0 fully saturated rings. The second kappa shape index (κ2) is 7.32. The molecular weight excluding hydrogens is 398 g/mol. The molecule has 0 bridgehead atoms. The van der Waals surface area contributed by atoms with E-state index in [9.17, 15) is 4.79 Å². The van der Waals surface area contributed by atoms with E-state index in [0.29, 0.717) is 17.0 Å². The lowest BCUT2D eigenvalue weighted by molar-refractivity contribution is 0.550. The Morgan fingerprint density at radius 2 is 1.44 bits per heavy atom. The third kappa shape index (κ3) is 3.08. The first-order chi connectivity index (χ1) is 15.8. The van der Waals surface area contributed by atoms with E-state index in [0.717, 1.165) is 16.5 Å². The molecule has 2 heterocycles. The van der Waals surface area contributed by atoms with Crippen LogP contribution in [-0.2, 0) is 0 Å². The van der Waals surface area contributed by atoms with Gasteiger partial charge >= 0.3 is 5.63 Å². The number of aromatic nitrogens is 3. The van der Waals surface area contributed by atoms with Gasteiger partial charge in [0.1, 0.15) is 11.3 Å². The van der Waals surface area contributed by atoms with Gasteiger partial charge in [0.15, 0.2) is 5.69 Å². The van der Waals surface area contributed by atoms with Gasteiger partial charge in [0.25, 0.3) is 0 Å². The summed E-state index contributed by atoms with van der Waals surface area (Å²) in [4.78, 5) is 12.4. The Morgan fingerprint density at radius 1 is 0.719 bits per heavy atom. The van der Waals surface area contributed by atoms with Gasteiger partial charge < -0.3 is 4.42 Å². The molecule has 0 unspecified atom stereocenters. The number of nitrogens with zero attached hydrogens (tertiary/aromatic N) is 3. The molecule has 0 saturated heterocycles. The molecule has 0 atom stereocenters. The summed E-state index contributed by atoms with van der Waals surface area (Å²) in [5.74, 6) is 0. The molecular formula is C27H17N3O2. The van der Waals surface area contributed by atoms with Crippen LogP contribution in [0.1, 0.15) is 0 Å². The monoisotopic (exact) mass is 415 g/mol. The van der Waals surface area contributed by atoms with Crippen molar-refractivity contribution >= 4 is 21.7 Å². The first-order valence-electron chi connectivity index (χ1n) is 10.3. The Bertz CT molecular complexity index is 1640. The van der Waals surface area contributed by atoms with E-state index < -0.39 is 5.63 Å². The van der Waals surface area contributed by atoms with Gasteiger partial charge in [-0.05, 0) is 34.0 Å². The van der Waals surface area contributed by atoms with Gasteiger partial charge in [0.2, 0.25) is 0 Å². The lowest BCUT2D eigenvalue weighted by Gasteiger charge is -2.07. The molecule has 0 saturated carbocycles. The molecule has 0 aliphatic rings. The van der Waals surface area contributed by atoms with E-state index in [2.05, 4.69) is 64.9 Å². The van der Waals surface area contributed by atoms with Crippen molar-refractivity contribution in [3.8, 4) is 28.1 Å². The van der Waals surface area contributed by atoms with Crippen LogP contribution in [-0.4, -0.2) is 15.0 Å². The van der Waals surface area contributed by atoms with Crippen LogP contribution in [0.15, 0.2) is 112 Å². The summed E-state index contributed by atoms with van der Waals surface area (Å²) in [6.45, 7) is 0. The number of hydrogen-bond acceptors (Lipinski definition) is 4. The van der Waals surface area contributed by atoms with E-state index in [1.807, 2.05) is 30.3 Å². The Hall–Kier alpha value is -4.51. The Balaban J connectivity index is 1.36. The van der Waals surface area contributed by atoms with E-state index in [-0.39, 0.29) is 0 Å². The van der Waals surface area contributed by atoms with Crippen LogP contribution in [0.4, 0.5) is 0 Å². The highest BCUT2D eigenvalue weighted by Crippen LogP contribution is 2.30. The van der Waals surface area contributed by atoms with Crippen molar-refractivity contribution in [2.24, 2.45) is 0 Å². The number of rotatable bonds is 3. The van der Waals surface area contributed by atoms with Crippen LogP contribution < -0.4 is 5.63 Å². The van der Waals surface area contributed by atoms with Crippen LogP contribution in [0.5, 0.6) is 0 Å². The molecule has 5 nitrogen and oxygen atoms in total. The van der Waals surface area contributed by atoms with Gasteiger partial charge in [-0.1, -0.05) is 90.1 Å². The molecule has 5 heteroatoms. The number of benzene rings is 4. The predicted octanol–water partition coefficient (Wildman–Crippen LogP) is 5.86. The Kier molecular flexibility index (Phi) is 4.18. The van der Waals surface area contributed by atoms with E-state index in [1.165, 1.54) is 21.0 Å². The van der Waals surface area contributed by atoms with Crippen molar-refractivity contribution in [3.63, 3.8) is 0 Å². The topological polar surface area (TPSA) is 60.9 Å². The molecule has 0 spiro atoms. The maximum absolute atomic E-state index is 12.4. The van der Waals surface area contributed by atoms with Gasteiger partial charge in [-0.25, -0.2) is 9.48 Å². The van der Waals surface area contributed by atoms with Gasteiger partial charge in [-0.15, -0.1) is 5.10 Å². The smallest absolute Gasteiger partial charge is 0.362 e. The van der Waals surface area contributed by atoms with Crippen molar-refractivity contribution < 1.29 is 4.42 Å². The third-order valence-electron chi connectivity index (χ3n) is 5.64. The maximum atomic E-state index is 12.4. The van der Waals surface area contributed by atoms with Crippen molar-refractivity contribution in [3.05, 3.63) is 114 Å². The molecule has 4 aromatic carbocycles.